The summed E-state index contributed by atoms with van der Waals surface area (Å²) in [5.74, 6) is 0.889. The van der Waals surface area contributed by atoms with Crippen LogP contribution in [0.3, 0.4) is 0 Å². The molecule has 36 heavy (non-hydrogen) atoms. The smallest absolute Gasteiger partial charge is 0.411 e. The molecule has 1 aliphatic carbocycles. The van der Waals surface area contributed by atoms with Crippen LogP contribution < -0.4 is 10.1 Å². The van der Waals surface area contributed by atoms with Gasteiger partial charge in [0.25, 0.3) is 0 Å². The molecule has 1 amide bonds. The maximum Gasteiger partial charge on any atom is 0.411 e. The second-order valence-corrected chi connectivity index (χ2v) is 9.40. The molecule has 1 saturated carbocycles. The lowest BCUT2D eigenvalue weighted by Crippen LogP contribution is -2.41. The number of Topliss-reactive ketones (excluding diaryl/α,β-unsaturated/α-hetero) is 1. The van der Waals surface area contributed by atoms with Gasteiger partial charge in [-0.15, -0.1) is 6.58 Å². The number of rotatable bonds is 6. The highest BCUT2D eigenvalue weighted by Crippen LogP contribution is 2.42. The molecule has 0 saturated heterocycles. The Kier molecular flexibility index (Phi) is 10.3. The van der Waals surface area contributed by atoms with E-state index >= 15 is 0 Å². The van der Waals surface area contributed by atoms with Crippen LogP contribution in [0.1, 0.15) is 82.0 Å². The molecule has 2 aliphatic rings. The molecular formula is C31H39NO4. The minimum atomic E-state index is -0.461. The molecule has 4 rings (SSSR count). The van der Waals surface area contributed by atoms with Crippen molar-refractivity contribution in [1.82, 2.24) is 0 Å². The van der Waals surface area contributed by atoms with Crippen molar-refractivity contribution in [3.63, 3.8) is 0 Å². The zero-order valence-electron chi connectivity index (χ0n) is 21.7. The van der Waals surface area contributed by atoms with Gasteiger partial charge in [0.2, 0.25) is 0 Å². The molecule has 0 aromatic heterocycles. The summed E-state index contributed by atoms with van der Waals surface area (Å²) in [6.07, 6.45) is 14.2. The number of fused-ring (bicyclic) bond motifs is 1. The number of anilines is 1. The van der Waals surface area contributed by atoms with Crippen molar-refractivity contribution in [3.05, 3.63) is 72.8 Å². The Labute approximate surface area is 215 Å². The summed E-state index contributed by atoms with van der Waals surface area (Å²) >= 11 is 0. The van der Waals surface area contributed by atoms with Crippen molar-refractivity contribution in [2.75, 3.05) is 11.9 Å². The lowest BCUT2D eigenvalue weighted by atomic mass is 9.84. The highest BCUT2D eigenvalue weighted by Gasteiger charge is 2.40. The molecule has 0 radical (unpaired) electrons. The minimum absolute atomic E-state index is 0.187. The zero-order valence-corrected chi connectivity index (χ0v) is 21.7. The van der Waals surface area contributed by atoms with E-state index in [1.165, 1.54) is 12.8 Å². The second kappa shape index (κ2) is 13.7. The van der Waals surface area contributed by atoms with Gasteiger partial charge in [0.1, 0.15) is 11.4 Å². The van der Waals surface area contributed by atoms with Crippen LogP contribution in [-0.4, -0.2) is 24.1 Å². The van der Waals surface area contributed by atoms with Crippen LogP contribution in [0.25, 0.3) is 11.1 Å². The Morgan fingerprint density at radius 3 is 2.39 bits per heavy atom. The first-order valence-corrected chi connectivity index (χ1v) is 13.1. The van der Waals surface area contributed by atoms with Crippen molar-refractivity contribution in [1.29, 1.82) is 0 Å². The number of allylic oxidation sites excluding steroid dienone is 2. The van der Waals surface area contributed by atoms with E-state index < -0.39 is 6.09 Å². The van der Waals surface area contributed by atoms with Crippen LogP contribution >= 0.6 is 0 Å². The Morgan fingerprint density at radius 1 is 1.08 bits per heavy atom. The number of hydrogen-bond donors (Lipinski definition) is 1. The Balaban J connectivity index is 0.000000840. The van der Waals surface area contributed by atoms with Gasteiger partial charge in [0, 0.05) is 5.69 Å². The summed E-state index contributed by atoms with van der Waals surface area (Å²) in [6.45, 7) is 7.83. The molecule has 1 fully saturated rings. The molecule has 1 N–H and O–H groups in total. The summed E-state index contributed by atoms with van der Waals surface area (Å²) in [4.78, 5) is 24.7. The van der Waals surface area contributed by atoms with Gasteiger partial charge in [0.15, 0.2) is 5.78 Å². The third-order valence-corrected chi connectivity index (χ3v) is 6.61. The first-order valence-electron chi connectivity index (χ1n) is 13.1. The fourth-order valence-corrected chi connectivity index (χ4v) is 4.61. The van der Waals surface area contributed by atoms with E-state index in [-0.39, 0.29) is 11.4 Å². The van der Waals surface area contributed by atoms with E-state index in [1.807, 2.05) is 67.6 Å². The third-order valence-electron chi connectivity index (χ3n) is 6.61. The van der Waals surface area contributed by atoms with Gasteiger partial charge < -0.3 is 9.47 Å². The number of ether oxygens (including phenoxy) is 2. The van der Waals surface area contributed by atoms with E-state index in [0.29, 0.717) is 36.4 Å². The van der Waals surface area contributed by atoms with Gasteiger partial charge in [-0.3, -0.25) is 10.1 Å². The van der Waals surface area contributed by atoms with Crippen LogP contribution in [-0.2, 0) is 4.74 Å². The summed E-state index contributed by atoms with van der Waals surface area (Å²) in [6, 6.07) is 13.4. The molecule has 0 bridgehead atoms. The fraction of sp³-hybridized carbons (Fsp3) is 0.419. The lowest BCUT2D eigenvalue weighted by molar-refractivity contribution is 0.0298. The van der Waals surface area contributed by atoms with Crippen molar-refractivity contribution in [3.8, 4) is 16.9 Å². The van der Waals surface area contributed by atoms with Crippen LogP contribution in [0.15, 0.2) is 67.3 Å². The number of carbonyl (C=O) groups excluding carboxylic acids is 2. The third kappa shape index (κ3) is 7.58. The quantitative estimate of drug-likeness (QED) is 0.326. The second-order valence-electron chi connectivity index (χ2n) is 9.40. The summed E-state index contributed by atoms with van der Waals surface area (Å²) in [5.41, 5.74) is 3.01. The molecular weight excluding hydrogens is 450 g/mol. The average Bonchev–Trinajstić information content (AvgIpc) is 3.12. The van der Waals surface area contributed by atoms with Gasteiger partial charge in [-0.25, -0.2) is 4.79 Å². The number of hydrogen-bond acceptors (Lipinski definition) is 4. The maximum atomic E-state index is 12.8. The predicted molar refractivity (Wildman–Crippen MR) is 147 cm³/mol. The van der Waals surface area contributed by atoms with Crippen molar-refractivity contribution < 1.29 is 19.1 Å². The molecule has 1 aliphatic heterocycles. The van der Waals surface area contributed by atoms with Crippen molar-refractivity contribution >= 4 is 17.6 Å². The minimum Gasteiger partial charge on any atom is -0.486 e. The molecule has 0 unspecified atom stereocenters. The van der Waals surface area contributed by atoms with E-state index in [4.69, 9.17) is 9.47 Å². The van der Waals surface area contributed by atoms with Gasteiger partial charge >= 0.3 is 6.09 Å². The first-order chi connectivity index (χ1) is 17.5. The molecule has 5 nitrogen and oxygen atoms in total. The van der Waals surface area contributed by atoms with Crippen LogP contribution in [0.2, 0.25) is 0 Å². The van der Waals surface area contributed by atoms with E-state index in [0.717, 1.165) is 43.2 Å². The topological polar surface area (TPSA) is 64.6 Å². The Bertz CT molecular complexity index is 1050. The summed E-state index contributed by atoms with van der Waals surface area (Å²) < 4.78 is 11.7. The zero-order chi connectivity index (χ0) is 25.8. The molecule has 0 atom stereocenters. The maximum absolute atomic E-state index is 12.8. The first kappa shape index (κ1) is 27.3. The predicted octanol–water partition coefficient (Wildman–Crippen LogP) is 8.51. The van der Waals surface area contributed by atoms with Crippen molar-refractivity contribution in [2.45, 2.75) is 77.2 Å². The molecule has 1 heterocycles. The van der Waals surface area contributed by atoms with Gasteiger partial charge in [-0.05, 0) is 80.8 Å². The number of benzene rings is 2. The molecule has 1 spiro atoms. The van der Waals surface area contributed by atoms with Crippen LogP contribution in [0.5, 0.6) is 5.75 Å². The van der Waals surface area contributed by atoms with Gasteiger partial charge in [-0.2, -0.15) is 0 Å². The Morgan fingerprint density at radius 2 is 1.75 bits per heavy atom. The highest BCUT2D eigenvalue weighted by molar-refractivity contribution is 6.01. The van der Waals surface area contributed by atoms with Gasteiger partial charge in [-0.1, -0.05) is 56.2 Å². The lowest BCUT2D eigenvalue weighted by Gasteiger charge is -2.37. The number of amides is 1. The average molecular weight is 490 g/mol. The monoisotopic (exact) mass is 489 g/mol. The normalized spacial score (nSPS) is 16.2. The fourth-order valence-electron chi connectivity index (χ4n) is 4.61. The van der Waals surface area contributed by atoms with Crippen molar-refractivity contribution in [2.24, 2.45) is 0 Å². The summed E-state index contributed by atoms with van der Waals surface area (Å²) in [7, 11) is 0. The number of nitrogens with one attached hydrogen (secondary N) is 1. The molecule has 2 aromatic carbocycles. The standard InChI is InChI=1S/C27H31NO4.C4H8/c1-2-3-8-17-31-26(30)28-22-12-9-20(10-13-22)21-11-14-23-24(29)19-27(32-25(23)18-21)15-6-4-5-7-16-27;1-3-4-2/h2-3,9-14,18H,4-8,15-17,19H2,1H3,(H,28,30);3H,1,4H2,2H3/b3-2+;. The number of ketones is 1. The van der Waals surface area contributed by atoms with Gasteiger partial charge in [0.05, 0.1) is 18.6 Å². The van der Waals surface area contributed by atoms with E-state index in [1.54, 1.807) is 0 Å². The van der Waals surface area contributed by atoms with Crippen LogP contribution in [0.4, 0.5) is 10.5 Å². The highest BCUT2D eigenvalue weighted by atomic mass is 16.5. The SMILES string of the molecule is C/C=C/CCOC(=O)Nc1ccc(-c2ccc3c(c2)OC2(CCCCCC2)CC3=O)cc1.C=CCC. The summed E-state index contributed by atoms with van der Waals surface area (Å²) in [5, 5.41) is 2.74. The van der Waals surface area contributed by atoms with E-state index in [9.17, 15) is 9.59 Å². The molecule has 2 aromatic rings. The Hall–Kier alpha value is -3.34. The van der Waals surface area contributed by atoms with Crippen LogP contribution in [0, 0.1) is 0 Å². The van der Waals surface area contributed by atoms with E-state index in [2.05, 4.69) is 18.8 Å². The molecule has 5 heteroatoms. The molecule has 192 valence electrons. The largest absolute Gasteiger partial charge is 0.486 e. The number of carbonyl (C=O) groups is 2.